The molecule has 5 nitrogen and oxygen atoms in total. The molecule has 2 heterocycles. The fourth-order valence-corrected chi connectivity index (χ4v) is 3.63. The zero-order valence-corrected chi connectivity index (χ0v) is 16.8. The van der Waals surface area contributed by atoms with Crippen LogP contribution in [0.15, 0.2) is 46.9 Å². The number of rotatable bonds is 3. The Balaban J connectivity index is 1.73. The second kappa shape index (κ2) is 7.64. The molecule has 1 amide bonds. The standard InChI is InChI=1S/C21H21BrN4O/c1-14-13-15(9-10-16(14)22)23-21(27)19-20(26-11-5-2-6-12-26)25-18-8-4-3-7-17(18)24-19/h3-4,7-10,13H,2,5-6,11-12H2,1H3,(H,23,27). The Labute approximate surface area is 166 Å². The first-order valence-corrected chi connectivity index (χ1v) is 10.0. The van der Waals surface area contributed by atoms with Crippen LogP contribution in [0.2, 0.25) is 0 Å². The minimum Gasteiger partial charge on any atom is -0.355 e. The van der Waals surface area contributed by atoms with Gasteiger partial charge in [-0.05, 0) is 62.1 Å². The third kappa shape index (κ3) is 3.81. The van der Waals surface area contributed by atoms with Crippen molar-refractivity contribution in [3.8, 4) is 0 Å². The maximum absolute atomic E-state index is 13.1. The van der Waals surface area contributed by atoms with Gasteiger partial charge in [0.05, 0.1) is 11.0 Å². The van der Waals surface area contributed by atoms with Gasteiger partial charge in [0.2, 0.25) is 0 Å². The Kier molecular flexibility index (Phi) is 5.07. The lowest BCUT2D eigenvalue weighted by atomic mass is 10.1. The Hall–Kier alpha value is -2.47. The van der Waals surface area contributed by atoms with Gasteiger partial charge in [-0.2, -0.15) is 0 Å². The Morgan fingerprint density at radius 3 is 2.44 bits per heavy atom. The highest BCUT2D eigenvalue weighted by atomic mass is 79.9. The van der Waals surface area contributed by atoms with Gasteiger partial charge < -0.3 is 10.2 Å². The first kappa shape index (κ1) is 17.9. The predicted octanol–water partition coefficient (Wildman–Crippen LogP) is 4.94. The van der Waals surface area contributed by atoms with E-state index < -0.39 is 0 Å². The number of aryl methyl sites for hydroxylation is 1. The van der Waals surface area contributed by atoms with E-state index in [2.05, 4.69) is 31.1 Å². The van der Waals surface area contributed by atoms with E-state index in [1.54, 1.807) is 0 Å². The zero-order chi connectivity index (χ0) is 18.8. The molecule has 1 N–H and O–H groups in total. The number of benzene rings is 2. The zero-order valence-electron chi connectivity index (χ0n) is 15.2. The van der Waals surface area contributed by atoms with E-state index >= 15 is 0 Å². The number of hydrogen-bond donors (Lipinski definition) is 1. The van der Waals surface area contributed by atoms with Crippen molar-refractivity contribution in [3.63, 3.8) is 0 Å². The number of carbonyl (C=O) groups excluding carboxylic acids is 1. The number of amides is 1. The van der Waals surface area contributed by atoms with Gasteiger partial charge >= 0.3 is 0 Å². The smallest absolute Gasteiger partial charge is 0.278 e. The van der Waals surface area contributed by atoms with Crippen molar-refractivity contribution in [2.24, 2.45) is 0 Å². The number of hydrogen-bond acceptors (Lipinski definition) is 4. The van der Waals surface area contributed by atoms with Crippen LogP contribution < -0.4 is 10.2 Å². The molecule has 27 heavy (non-hydrogen) atoms. The molecule has 0 bridgehead atoms. The molecule has 138 valence electrons. The molecule has 6 heteroatoms. The highest BCUT2D eigenvalue weighted by molar-refractivity contribution is 9.10. The fraction of sp³-hybridized carbons (Fsp3) is 0.286. The van der Waals surface area contributed by atoms with Gasteiger partial charge in [-0.3, -0.25) is 4.79 Å². The SMILES string of the molecule is Cc1cc(NC(=O)c2nc3ccccc3nc2N2CCCCC2)ccc1Br. The molecule has 1 saturated heterocycles. The van der Waals surface area contributed by atoms with Crippen LogP contribution in [-0.4, -0.2) is 29.0 Å². The van der Waals surface area contributed by atoms with Gasteiger partial charge in [0.25, 0.3) is 5.91 Å². The van der Waals surface area contributed by atoms with E-state index in [9.17, 15) is 4.79 Å². The summed E-state index contributed by atoms with van der Waals surface area (Å²) < 4.78 is 1.01. The lowest BCUT2D eigenvalue weighted by Gasteiger charge is -2.29. The van der Waals surface area contributed by atoms with Gasteiger partial charge in [-0.1, -0.05) is 28.1 Å². The van der Waals surface area contributed by atoms with Crippen LogP contribution in [0.4, 0.5) is 11.5 Å². The number of aromatic nitrogens is 2. The molecule has 3 aromatic rings. The number of halogens is 1. The Morgan fingerprint density at radius 2 is 1.74 bits per heavy atom. The van der Waals surface area contributed by atoms with Crippen molar-refractivity contribution in [2.75, 3.05) is 23.3 Å². The summed E-state index contributed by atoms with van der Waals surface area (Å²) in [4.78, 5) is 24.7. The van der Waals surface area contributed by atoms with Crippen molar-refractivity contribution in [1.29, 1.82) is 0 Å². The minimum absolute atomic E-state index is 0.226. The molecule has 4 rings (SSSR count). The molecule has 0 saturated carbocycles. The van der Waals surface area contributed by atoms with E-state index in [4.69, 9.17) is 4.98 Å². The van der Waals surface area contributed by atoms with Crippen molar-refractivity contribution in [1.82, 2.24) is 9.97 Å². The predicted molar refractivity (Wildman–Crippen MR) is 112 cm³/mol. The Morgan fingerprint density at radius 1 is 1.04 bits per heavy atom. The van der Waals surface area contributed by atoms with Crippen molar-refractivity contribution in [2.45, 2.75) is 26.2 Å². The van der Waals surface area contributed by atoms with Gasteiger partial charge in [0, 0.05) is 23.2 Å². The normalized spacial score (nSPS) is 14.4. The van der Waals surface area contributed by atoms with Crippen LogP contribution in [0, 0.1) is 6.92 Å². The number of carbonyl (C=O) groups is 1. The summed E-state index contributed by atoms with van der Waals surface area (Å²) in [6.45, 7) is 3.81. The average molecular weight is 425 g/mol. The second-order valence-corrected chi connectivity index (χ2v) is 7.70. The van der Waals surface area contributed by atoms with Crippen molar-refractivity contribution in [3.05, 3.63) is 58.2 Å². The summed E-state index contributed by atoms with van der Waals surface area (Å²) in [5, 5.41) is 2.98. The quantitative estimate of drug-likeness (QED) is 0.646. The van der Waals surface area contributed by atoms with Gasteiger partial charge in [0.1, 0.15) is 0 Å². The summed E-state index contributed by atoms with van der Waals surface area (Å²) >= 11 is 3.49. The lowest BCUT2D eigenvalue weighted by molar-refractivity contribution is 0.102. The largest absolute Gasteiger partial charge is 0.355 e. The van der Waals surface area contributed by atoms with E-state index in [-0.39, 0.29) is 5.91 Å². The van der Waals surface area contributed by atoms with Gasteiger partial charge in [-0.15, -0.1) is 0 Å². The topological polar surface area (TPSA) is 58.1 Å². The number of anilines is 2. The van der Waals surface area contributed by atoms with Crippen LogP contribution in [0.1, 0.15) is 35.3 Å². The monoisotopic (exact) mass is 424 g/mol. The number of nitrogens with zero attached hydrogens (tertiary/aromatic N) is 3. The molecule has 1 aliphatic rings. The molecular formula is C21H21BrN4O. The third-order valence-corrected chi connectivity index (χ3v) is 5.73. The first-order chi connectivity index (χ1) is 13.1. The van der Waals surface area contributed by atoms with E-state index in [0.717, 1.165) is 52.7 Å². The van der Waals surface area contributed by atoms with Crippen molar-refractivity contribution < 1.29 is 4.79 Å². The average Bonchev–Trinajstić information content (AvgIpc) is 2.70. The van der Waals surface area contributed by atoms with Crippen molar-refractivity contribution >= 4 is 44.4 Å². The van der Waals surface area contributed by atoms with Gasteiger partial charge in [0.15, 0.2) is 11.5 Å². The molecule has 2 aromatic carbocycles. The van der Waals surface area contributed by atoms with Crippen LogP contribution in [0.5, 0.6) is 0 Å². The number of piperidine rings is 1. The maximum atomic E-state index is 13.1. The second-order valence-electron chi connectivity index (χ2n) is 6.85. The molecule has 1 aromatic heterocycles. The molecular weight excluding hydrogens is 404 g/mol. The molecule has 0 radical (unpaired) electrons. The summed E-state index contributed by atoms with van der Waals surface area (Å²) in [6.07, 6.45) is 3.44. The number of nitrogens with one attached hydrogen (secondary N) is 1. The fourth-order valence-electron chi connectivity index (χ4n) is 3.38. The number of para-hydroxylation sites is 2. The minimum atomic E-state index is -0.226. The van der Waals surface area contributed by atoms with Crippen LogP contribution in [0.3, 0.4) is 0 Å². The van der Waals surface area contributed by atoms with Crippen LogP contribution in [-0.2, 0) is 0 Å². The van der Waals surface area contributed by atoms with Gasteiger partial charge in [-0.25, -0.2) is 9.97 Å². The molecule has 0 aliphatic carbocycles. The van der Waals surface area contributed by atoms with E-state index in [0.29, 0.717) is 11.5 Å². The highest BCUT2D eigenvalue weighted by Crippen LogP contribution is 2.26. The van der Waals surface area contributed by atoms with E-state index in [1.165, 1.54) is 6.42 Å². The van der Waals surface area contributed by atoms with E-state index in [1.807, 2.05) is 49.4 Å². The third-order valence-electron chi connectivity index (χ3n) is 4.84. The summed E-state index contributed by atoms with van der Waals surface area (Å²) in [5.41, 5.74) is 3.74. The lowest BCUT2D eigenvalue weighted by Crippen LogP contribution is -2.33. The van der Waals surface area contributed by atoms with Crippen LogP contribution >= 0.6 is 15.9 Å². The maximum Gasteiger partial charge on any atom is 0.278 e. The molecule has 0 unspecified atom stereocenters. The van der Waals surface area contributed by atoms with Crippen LogP contribution in [0.25, 0.3) is 11.0 Å². The summed E-state index contributed by atoms with van der Waals surface area (Å²) in [6, 6.07) is 13.4. The molecule has 1 aliphatic heterocycles. The number of fused-ring (bicyclic) bond motifs is 1. The Bertz CT molecular complexity index is 999. The summed E-state index contributed by atoms with van der Waals surface area (Å²) in [7, 11) is 0. The highest BCUT2D eigenvalue weighted by Gasteiger charge is 2.23. The first-order valence-electron chi connectivity index (χ1n) is 9.21. The molecule has 0 spiro atoms. The molecule has 1 fully saturated rings. The summed E-state index contributed by atoms with van der Waals surface area (Å²) in [5.74, 6) is 0.454. The molecule has 0 atom stereocenters.